The minimum Gasteiger partial charge on any atom is -0.462 e. The highest BCUT2D eigenvalue weighted by Crippen LogP contribution is 2.37. The standard InChI is InChI=1S/C23H29F3N4O5/c24-23(25,26)20-11-14-2-1-8-34-13-15-10-16(3-5-18(15)21(14)30(33)29-20)28-17-4-6-19(27-12-17)22(32)35-9-7-31/h3,5,10-11,17,19,27-29,31,33H,1-2,4,6-9,12-13H2/t17-,19+/m1/s1. The minimum atomic E-state index is -4.62. The van der Waals surface area contributed by atoms with Crippen LogP contribution in [-0.2, 0) is 20.9 Å². The third-order valence-electron chi connectivity index (χ3n) is 6.12. The number of aliphatic hydroxyl groups excluding tert-OH is 1. The van der Waals surface area contributed by atoms with E-state index >= 15 is 0 Å². The summed E-state index contributed by atoms with van der Waals surface area (Å²) < 4.78 is 50.5. The number of carbonyl (C=O) groups excluding carboxylic acids is 1. The molecule has 3 aliphatic rings. The fraction of sp³-hybridized carbons (Fsp3) is 0.522. The normalized spacial score (nSPS) is 23.1. The Bertz CT molecular complexity index is 990. The molecule has 1 saturated heterocycles. The van der Waals surface area contributed by atoms with E-state index in [2.05, 4.69) is 10.6 Å². The van der Waals surface area contributed by atoms with Crippen LogP contribution < -0.4 is 16.1 Å². The number of hydrazine groups is 1. The Morgan fingerprint density at radius 2 is 2.14 bits per heavy atom. The Balaban J connectivity index is 1.51. The van der Waals surface area contributed by atoms with Gasteiger partial charge in [0, 0.05) is 30.4 Å². The van der Waals surface area contributed by atoms with Crippen LogP contribution in [0.2, 0.25) is 0 Å². The van der Waals surface area contributed by atoms with Crippen LogP contribution in [-0.4, -0.2) is 66.1 Å². The van der Waals surface area contributed by atoms with Crippen LogP contribution in [0.25, 0.3) is 5.70 Å². The number of nitrogens with one attached hydrogen (secondary N) is 3. The summed E-state index contributed by atoms with van der Waals surface area (Å²) in [5.74, 6) is -0.381. The van der Waals surface area contributed by atoms with Gasteiger partial charge in [-0.2, -0.15) is 18.3 Å². The highest BCUT2D eigenvalue weighted by Gasteiger charge is 2.38. The number of halogens is 3. The van der Waals surface area contributed by atoms with Gasteiger partial charge in [-0.05, 0) is 55.0 Å². The van der Waals surface area contributed by atoms with Gasteiger partial charge in [0.2, 0.25) is 0 Å². The van der Waals surface area contributed by atoms with Crippen LogP contribution in [0.15, 0.2) is 35.5 Å². The molecule has 3 aliphatic heterocycles. The van der Waals surface area contributed by atoms with Crippen LogP contribution >= 0.6 is 0 Å². The molecule has 0 amide bonds. The zero-order valence-electron chi connectivity index (χ0n) is 19.0. The molecule has 0 saturated carbocycles. The molecule has 4 rings (SSSR count). The monoisotopic (exact) mass is 498 g/mol. The molecule has 0 radical (unpaired) electrons. The van der Waals surface area contributed by atoms with Crippen LogP contribution in [0.3, 0.4) is 0 Å². The van der Waals surface area contributed by atoms with Gasteiger partial charge < -0.3 is 25.2 Å². The van der Waals surface area contributed by atoms with Crippen LogP contribution in [0, 0.1) is 0 Å². The lowest BCUT2D eigenvalue weighted by atomic mass is 9.96. The number of alkyl halides is 3. The molecule has 1 fully saturated rings. The number of allylic oxidation sites excluding steroid dienone is 3. The number of carbonyl (C=O) groups is 1. The Morgan fingerprint density at radius 3 is 2.86 bits per heavy atom. The molecule has 9 nitrogen and oxygen atoms in total. The third-order valence-corrected chi connectivity index (χ3v) is 6.12. The minimum absolute atomic E-state index is 0.0257. The van der Waals surface area contributed by atoms with Gasteiger partial charge in [-0.25, -0.2) is 0 Å². The summed E-state index contributed by atoms with van der Waals surface area (Å²) in [4.78, 5) is 12.0. The van der Waals surface area contributed by atoms with Gasteiger partial charge in [-0.1, -0.05) is 6.07 Å². The molecular formula is C23H29F3N4O5. The van der Waals surface area contributed by atoms with Crippen molar-refractivity contribution in [2.75, 3.05) is 31.7 Å². The first-order chi connectivity index (χ1) is 16.8. The van der Waals surface area contributed by atoms with Crippen molar-refractivity contribution in [3.8, 4) is 0 Å². The van der Waals surface area contributed by atoms with Crippen LogP contribution in [0.5, 0.6) is 0 Å². The molecule has 0 bridgehead atoms. The molecule has 1 aromatic carbocycles. The van der Waals surface area contributed by atoms with Gasteiger partial charge in [-0.3, -0.25) is 15.4 Å². The summed E-state index contributed by atoms with van der Waals surface area (Å²) in [5.41, 5.74) is 3.74. The van der Waals surface area contributed by atoms with Crippen molar-refractivity contribution in [3.05, 3.63) is 46.7 Å². The molecule has 192 valence electrons. The van der Waals surface area contributed by atoms with Gasteiger partial charge in [0.1, 0.15) is 18.3 Å². The summed E-state index contributed by atoms with van der Waals surface area (Å²) in [6, 6.07) is 5.06. The number of fused-ring (bicyclic) bond motifs is 2. The van der Waals surface area contributed by atoms with E-state index in [1.807, 2.05) is 11.5 Å². The van der Waals surface area contributed by atoms with E-state index in [1.54, 1.807) is 12.1 Å². The first-order valence-corrected chi connectivity index (χ1v) is 11.5. The van der Waals surface area contributed by atoms with E-state index in [-0.39, 0.29) is 37.5 Å². The third kappa shape index (κ3) is 6.07. The van der Waals surface area contributed by atoms with E-state index < -0.39 is 17.9 Å². The molecule has 0 unspecified atom stereocenters. The Labute approximate surface area is 200 Å². The van der Waals surface area contributed by atoms with E-state index in [4.69, 9.17) is 14.6 Å². The molecule has 35 heavy (non-hydrogen) atoms. The summed E-state index contributed by atoms with van der Waals surface area (Å²) >= 11 is 0. The first kappa shape index (κ1) is 25.3. The number of benzene rings is 1. The number of ether oxygens (including phenoxy) is 2. The second kappa shape index (κ2) is 10.9. The number of aliphatic hydroxyl groups is 1. The van der Waals surface area contributed by atoms with Crippen molar-refractivity contribution in [1.82, 2.24) is 15.9 Å². The fourth-order valence-corrected chi connectivity index (χ4v) is 4.45. The smallest absolute Gasteiger partial charge is 0.432 e. The highest BCUT2D eigenvalue weighted by atomic mass is 19.4. The van der Waals surface area contributed by atoms with Gasteiger partial charge >= 0.3 is 12.1 Å². The summed E-state index contributed by atoms with van der Waals surface area (Å²) in [5, 5.41) is 26.2. The predicted octanol–water partition coefficient (Wildman–Crippen LogP) is 2.43. The zero-order valence-corrected chi connectivity index (χ0v) is 19.0. The van der Waals surface area contributed by atoms with Crippen molar-refractivity contribution in [1.29, 1.82) is 0 Å². The largest absolute Gasteiger partial charge is 0.462 e. The maximum Gasteiger partial charge on any atom is 0.432 e. The summed E-state index contributed by atoms with van der Waals surface area (Å²) in [6.07, 6.45) is -1.45. The number of nitrogens with zero attached hydrogens (tertiary/aromatic N) is 1. The van der Waals surface area contributed by atoms with Crippen LogP contribution in [0.1, 0.15) is 36.8 Å². The molecule has 5 N–H and O–H groups in total. The van der Waals surface area contributed by atoms with Crippen molar-refractivity contribution in [2.45, 2.75) is 50.6 Å². The summed E-state index contributed by atoms with van der Waals surface area (Å²) in [7, 11) is 0. The lowest BCUT2D eigenvalue weighted by molar-refractivity contribution is -0.147. The average molecular weight is 499 g/mol. The fourth-order valence-electron chi connectivity index (χ4n) is 4.45. The Hall–Kier alpha value is -2.80. The molecule has 12 heteroatoms. The number of hydrogen-bond donors (Lipinski definition) is 5. The summed E-state index contributed by atoms with van der Waals surface area (Å²) in [6.45, 7) is 0.908. The molecule has 2 atom stereocenters. The molecule has 0 spiro atoms. The predicted molar refractivity (Wildman–Crippen MR) is 120 cm³/mol. The van der Waals surface area contributed by atoms with Gasteiger partial charge in [0.15, 0.2) is 0 Å². The van der Waals surface area contributed by atoms with Crippen molar-refractivity contribution < 1.29 is 37.8 Å². The highest BCUT2D eigenvalue weighted by molar-refractivity contribution is 5.76. The molecule has 0 aliphatic carbocycles. The number of hydrogen-bond acceptors (Lipinski definition) is 9. The number of anilines is 1. The number of hydroxylamine groups is 1. The molecule has 1 aromatic rings. The second-order valence-corrected chi connectivity index (χ2v) is 8.65. The van der Waals surface area contributed by atoms with E-state index in [0.717, 1.165) is 17.3 Å². The van der Waals surface area contributed by atoms with E-state index in [0.29, 0.717) is 55.1 Å². The lowest BCUT2D eigenvalue weighted by Crippen LogP contribution is -2.49. The molecule has 0 aromatic heterocycles. The first-order valence-electron chi connectivity index (χ1n) is 11.5. The van der Waals surface area contributed by atoms with Gasteiger partial charge in [-0.15, -0.1) is 0 Å². The van der Waals surface area contributed by atoms with Gasteiger partial charge in [0.05, 0.1) is 18.9 Å². The van der Waals surface area contributed by atoms with Crippen LogP contribution in [0.4, 0.5) is 18.9 Å². The zero-order chi connectivity index (χ0) is 25.0. The SMILES string of the molecule is O=C(OCCO)[C@@H]1CC[C@@H](Nc2ccc3c(c2)COCCCC2=C3N(O)NC(C(F)(F)F)=C2)CN1. The second-order valence-electron chi connectivity index (χ2n) is 8.65. The van der Waals surface area contributed by atoms with Crippen molar-refractivity contribution >= 4 is 17.4 Å². The number of rotatable bonds is 5. The Kier molecular flexibility index (Phi) is 7.85. The van der Waals surface area contributed by atoms with Crippen molar-refractivity contribution in [3.63, 3.8) is 0 Å². The topological polar surface area (TPSA) is 115 Å². The van der Waals surface area contributed by atoms with Crippen molar-refractivity contribution in [2.24, 2.45) is 0 Å². The maximum atomic E-state index is 13.3. The van der Waals surface area contributed by atoms with E-state index in [9.17, 15) is 23.2 Å². The lowest BCUT2D eigenvalue weighted by Gasteiger charge is -2.32. The number of piperidine rings is 1. The maximum absolute atomic E-state index is 13.3. The Morgan fingerprint density at radius 1 is 1.31 bits per heavy atom. The molecular weight excluding hydrogens is 469 g/mol. The average Bonchev–Trinajstić information content (AvgIpc) is 2.91. The van der Waals surface area contributed by atoms with Gasteiger partial charge in [0.25, 0.3) is 0 Å². The quantitative estimate of drug-likeness (QED) is 0.391. The molecule has 3 heterocycles. The van der Waals surface area contributed by atoms with E-state index in [1.165, 1.54) is 0 Å². The number of esters is 1.